The maximum atomic E-state index is 12.8. The van der Waals surface area contributed by atoms with Gasteiger partial charge in [0.15, 0.2) is 0 Å². The van der Waals surface area contributed by atoms with Crippen molar-refractivity contribution in [1.82, 2.24) is 9.21 Å². The van der Waals surface area contributed by atoms with Crippen LogP contribution in [-0.2, 0) is 10.0 Å². The van der Waals surface area contributed by atoms with Crippen molar-refractivity contribution in [3.63, 3.8) is 0 Å². The average Bonchev–Trinajstić information content (AvgIpc) is 3.18. The molecule has 1 aliphatic heterocycles. The van der Waals surface area contributed by atoms with Crippen LogP contribution < -0.4 is 0 Å². The topological polar surface area (TPSA) is 57.7 Å². The Morgan fingerprint density at radius 1 is 1.12 bits per heavy atom. The Kier molecular flexibility index (Phi) is 5.83. The molecule has 25 heavy (non-hydrogen) atoms. The number of benzene rings is 1. The summed E-state index contributed by atoms with van der Waals surface area (Å²) in [7, 11) is -3.44. The zero-order valence-corrected chi connectivity index (χ0v) is 16.4. The van der Waals surface area contributed by atoms with E-state index in [0.717, 1.165) is 10.6 Å². The third kappa shape index (κ3) is 3.92. The van der Waals surface area contributed by atoms with Gasteiger partial charge >= 0.3 is 0 Å². The van der Waals surface area contributed by atoms with Crippen molar-refractivity contribution in [2.45, 2.75) is 16.0 Å². The highest BCUT2D eigenvalue weighted by Gasteiger charge is 2.31. The molecule has 8 heteroatoms. The molecule has 2 heterocycles. The number of sulfonamides is 1. The number of rotatable bonds is 5. The van der Waals surface area contributed by atoms with Crippen LogP contribution in [0.4, 0.5) is 0 Å². The predicted molar refractivity (Wildman–Crippen MR) is 102 cm³/mol. The average molecular weight is 397 g/mol. The quantitative estimate of drug-likeness (QED) is 0.729. The standard InChI is InChI=1S/C17H20N2O3S3/c1-2-23-15-7-4-3-6-14(15)17(20)18-9-11-19(12-10-18)25(21,22)16-8-5-13-24-16/h3-8,13H,2,9-12H2,1H3. The fourth-order valence-electron chi connectivity index (χ4n) is 2.76. The molecular weight excluding hydrogens is 376 g/mol. The molecule has 3 rings (SSSR count). The lowest BCUT2D eigenvalue weighted by Crippen LogP contribution is -2.50. The van der Waals surface area contributed by atoms with Crippen LogP contribution in [-0.4, -0.2) is 55.5 Å². The van der Waals surface area contributed by atoms with Gasteiger partial charge in [0.1, 0.15) is 4.21 Å². The molecule has 0 unspecified atom stereocenters. The first-order valence-corrected chi connectivity index (χ1v) is 11.4. The van der Waals surface area contributed by atoms with E-state index in [1.54, 1.807) is 34.2 Å². The van der Waals surface area contributed by atoms with E-state index in [-0.39, 0.29) is 5.91 Å². The van der Waals surface area contributed by atoms with Crippen LogP contribution in [0, 0.1) is 0 Å². The maximum Gasteiger partial charge on any atom is 0.255 e. The third-order valence-corrected chi connectivity index (χ3v) is 8.26. The Labute approximate surface area is 156 Å². The first-order valence-electron chi connectivity index (χ1n) is 8.09. The van der Waals surface area contributed by atoms with E-state index in [4.69, 9.17) is 0 Å². The second kappa shape index (κ2) is 7.90. The molecule has 1 saturated heterocycles. The van der Waals surface area contributed by atoms with Crippen molar-refractivity contribution in [2.75, 3.05) is 31.9 Å². The Morgan fingerprint density at radius 3 is 2.48 bits per heavy atom. The SMILES string of the molecule is CCSc1ccccc1C(=O)N1CCN(S(=O)(=O)c2cccs2)CC1. The molecule has 134 valence electrons. The van der Waals surface area contributed by atoms with E-state index in [0.29, 0.717) is 36.0 Å². The molecule has 0 atom stereocenters. The number of carbonyl (C=O) groups excluding carboxylic acids is 1. The zero-order chi connectivity index (χ0) is 17.9. The lowest BCUT2D eigenvalue weighted by molar-refractivity contribution is 0.0694. The second-order valence-electron chi connectivity index (χ2n) is 5.56. The summed E-state index contributed by atoms with van der Waals surface area (Å²) in [6, 6.07) is 11.0. The summed E-state index contributed by atoms with van der Waals surface area (Å²) in [5.74, 6) is 0.877. The summed E-state index contributed by atoms with van der Waals surface area (Å²) < 4.78 is 27.0. The van der Waals surface area contributed by atoms with Crippen molar-refractivity contribution < 1.29 is 13.2 Å². The lowest BCUT2D eigenvalue weighted by atomic mass is 10.2. The molecule has 5 nitrogen and oxygen atoms in total. The maximum absolute atomic E-state index is 12.8. The van der Waals surface area contributed by atoms with Gasteiger partial charge in [-0.15, -0.1) is 23.1 Å². The van der Waals surface area contributed by atoms with Crippen LogP contribution in [0.15, 0.2) is 50.9 Å². The molecule has 2 aromatic rings. The van der Waals surface area contributed by atoms with Crippen LogP contribution in [0.1, 0.15) is 17.3 Å². The number of piperazine rings is 1. The summed E-state index contributed by atoms with van der Waals surface area (Å²) in [4.78, 5) is 15.5. The second-order valence-corrected chi connectivity index (χ2v) is 9.98. The van der Waals surface area contributed by atoms with Gasteiger partial charge in [0.25, 0.3) is 15.9 Å². The Hall–Kier alpha value is -1.35. The van der Waals surface area contributed by atoms with Crippen molar-refractivity contribution in [1.29, 1.82) is 0 Å². The minimum absolute atomic E-state index is 0.0234. The Bertz CT molecular complexity index is 827. The van der Waals surface area contributed by atoms with Crippen LogP contribution in [0.3, 0.4) is 0 Å². The minimum Gasteiger partial charge on any atom is -0.336 e. The van der Waals surface area contributed by atoms with E-state index in [1.807, 2.05) is 24.3 Å². The molecule has 0 aliphatic carbocycles. The molecule has 1 fully saturated rings. The molecule has 1 amide bonds. The molecular formula is C17H20N2O3S3. The van der Waals surface area contributed by atoms with Crippen molar-refractivity contribution in [2.24, 2.45) is 0 Å². The molecule has 1 aliphatic rings. The number of thiophene rings is 1. The van der Waals surface area contributed by atoms with E-state index >= 15 is 0 Å². The van der Waals surface area contributed by atoms with Gasteiger partial charge in [-0.3, -0.25) is 4.79 Å². The van der Waals surface area contributed by atoms with Gasteiger partial charge in [-0.05, 0) is 29.3 Å². The number of carbonyl (C=O) groups is 1. The van der Waals surface area contributed by atoms with Gasteiger partial charge in [-0.25, -0.2) is 8.42 Å². The zero-order valence-electron chi connectivity index (χ0n) is 13.9. The summed E-state index contributed by atoms with van der Waals surface area (Å²) in [6.45, 7) is 3.54. The van der Waals surface area contributed by atoms with Gasteiger partial charge in [-0.1, -0.05) is 25.1 Å². The van der Waals surface area contributed by atoms with Gasteiger partial charge < -0.3 is 4.90 Å². The lowest BCUT2D eigenvalue weighted by Gasteiger charge is -2.34. The van der Waals surface area contributed by atoms with Gasteiger partial charge in [0, 0.05) is 31.1 Å². The Morgan fingerprint density at radius 2 is 1.84 bits per heavy atom. The first-order chi connectivity index (χ1) is 12.0. The van der Waals surface area contributed by atoms with Crippen LogP contribution in [0.5, 0.6) is 0 Å². The monoisotopic (exact) mass is 396 g/mol. The largest absolute Gasteiger partial charge is 0.336 e. The summed E-state index contributed by atoms with van der Waals surface area (Å²) in [6.07, 6.45) is 0. The summed E-state index contributed by atoms with van der Waals surface area (Å²) in [5, 5.41) is 1.76. The van der Waals surface area contributed by atoms with Crippen LogP contribution in [0.2, 0.25) is 0 Å². The number of nitrogens with zero attached hydrogens (tertiary/aromatic N) is 2. The minimum atomic E-state index is -3.44. The van der Waals surface area contributed by atoms with Crippen LogP contribution >= 0.6 is 23.1 Å². The highest BCUT2D eigenvalue weighted by Crippen LogP contribution is 2.25. The molecule has 1 aromatic carbocycles. The highest BCUT2D eigenvalue weighted by molar-refractivity contribution is 7.99. The number of amides is 1. The normalized spacial score (nSPS) is 16.1. The van der Waals surface area contributed by atoms with Crippen LogP contribution in [0.25, 0.3) is 0 Å². The van der Waals surface area contributed by atoms with Crippen molar-refractivity contribution >= 4 is 39.0 Å². The third-order valence-electron chi connectivity index (χ3n) is 4.03. The van der Waals surface area contributed by atoms with Crippen molar-refractivity contribution in [3.05, 3.63) is 47.3 Å². The van der Waals surface area contributed by atoms with Gasteiger partial charge in [0.05, 0.1) is 5.56 Å². The molecule has 1 aromatic heterocycles. The fourth-order valence-corrected chi connectivity index (χ4v) is 6.13. The number of thioether (sulfide) groups is 1. The molecule has 0 spiro atoms. The van der Waals surface area contributed by atoms with E-state index < -0.39 is 10.0 Å². The number of hydrogen-bond donors (Lipinski definition) is 0. The smallest absolute Gasteiger partial charge is 0.255 e. The molecule has 0 bridgehead atoms. The summed E-state index contributed by atoms with van der Waals surface area (Å²) in [5.41, 5.74) is 0.698. The molecule has 0 N–H and O–H groups in total. The van der Waals surface area contributed by atoms with Crippen molar-refractivity contribution in [3.8, 4) is 0 Å². The molecule has 0 saturated carbocycles. The van der Waals surface area contributed by atoms with E-state index in [2.05, 4.69) is 6.92 Å². The van der Waals surface area contributed by atoms with Gasteiger partial charge in [-0.2, -0.15) is 4.31 Å². The van der Waals surface area contributed by atoms with E-state index in [9.17, 15) is 13.2 Å². The molecule has 0 radical (unpaired) electrons. The highest BCUT2D eigenvalue weighted by atomic mass is 32.2. The fraction of sp³-hybridized carbons (Fsp3) is 0.353. The Balaban J connectivity index is 1.70. The predicted octanol–water partition coefficient (Wildman–Crippen LogP) is 3.01. The summed E-state index contributed by atoms with van der Waals surface area (Å²) >= 11 is 2.87. The van der Waals surface area contributed by atoms with E-state index in [1.165, 1.54) is 15.6 Å². The van der Waals surface area contributed by atoms with Gasteiger partial charge in [0.2, 0.25) is 0 Å². The first kappa shape index (κ1) is 18.4. The number of hydrogen-bond acceptors (Lipinski definition) is 5.